The molecule has 0 saturated carbocycles. The van der Waals surface area contributed by atoms with Gasteiger partial charge in [0, 0.05) is 0 Å². The van der Waals surface area contributed by atoms with Crippen LogP contribution < -0.4 is 5.14 Å². The number of alkyl halides is 2. The second kappa shape index (κ2) is 4.30. The normalized spacial score (nSPS) is 11.8. The highest BCUT2D eigenvalue weighted by Gasteiger charge is 2.29. The number of aryl methyl sites for hydroxylation is 1. The number of pyridine rings is 1. The van der Waals surface area contributed by atoms with Gasteiger partial charge in [-0.25, -0.2) is 27.3 Å². The fourth-order valence-corrected chi connectivity index (χ4v) is 1.99. The molecule has 0 aliphatic carbocycles. The molecule has 7 nitrogen and oxygen atoms in total. The van der Waals surface area contributed by atoms with E-state index in [-0.39, 0.29) is 0 Å². The Balaban J connectivity index is 3.69. The van der Waals surface area contributed by atoms with Crippen LogP contribution in [0.2, 0.25) is 0 Å². The number of rotatable bonds is 3. The summed E-state index contributed by atoms with van der Waals surface area (Å²) in [5, 5.41) is 15.4. The molecule has 0 saturated heterocycles. The third kappa shape index (κ3) is 2.71. The lowest BCUT2D eigenvalue weighted by atomic mass is 10.2. The van der Waals surface area contributed by atoms with Crippen molar-refractivity contribution in [3.63, 3.8) is 0 Å². The molecule has 94 valence electrons. The zero-order valence-electron chi connectivity index (χ0n) is 8.42. The predicted octanol–water partition coefficient (Wildman–Crippen LogP) is 0.883. The van der Waals surface area contributed by atoms with E-state index in [1.54, 1.807) is 0 Å². The first-order valence-electron chi connectivity index (χ1n) is 4.11. The van der Waals surface area contributed by atoms with E-state index in [9.17, 15) is 27.3 Å². The van der Waals surface area contributed by atoms with Gasteiger partial charge in [-0.2, -0.15) is 0 Å². The van der Waals surface area contributed by atoms with Crippen molar-refractivity contribution in [1.82, 2.24) is 4.98 Å². The lowest BCUT2D eigenvalue weighted by Crippen LogP contribution is -2.16. The molecule has 0 spiro atoms. The fourth-order valence-electron chi connectivity index (χ4n) is 1.21. The average Bonchev–Trinajstić information content (AvgIpc) is 2.14. The summed E-state index contributed by atoms with van der Waals surface area (Å²) < 4.78 is 46.9. The average molecular weight is 267 g/mol. The van der Waals surface area contributed by atoms with Crippen molar-refractivity contribution in [2.75, 3.05) is 0 Å². The quantitative estimate of drug-likeness (QED) is 0.644. The molecule has 0 atom stereocenters. The third-order valence-corrected chi connectivity index (χ3v) is 2.79. The van der Waals surface area contributed by atoms with E-state index in [4.69, 9.17) is 5.14 Å². The van der Waals surface area contributed by atoms with Crippen molar-refractivity contribution in [2.45, 2.75) is 18.2 Å². The van der Waals surface area contributed by atoms with Crippen LogP contribution in [0.1, 0.15) is 17.8 Å². The largest absolute Gasteiger partial charge is 0.310 e. The maximum atomic E-state index is 12.4. The van der Waals surface area contributed by atoms with Gasteiger partial charge in [-0.05, 0) is 13.0 Å². The Labute approximate surface area is 94.5 Å². The van der Waals surface area contributed by atoms with Gasteiger partial charge >= 0.3 is 5.69 Å². The lowest BCUT2D eigenvalue weighted by molar-refractivity contribution is -0.388. The highest BCUT2D eigenvalue weighted by Crippen LogP contribution is 2.29. The zero-order valence-corrected chi connectivity index (χ0v) is 9.24. The second-order valence-corrected chi connectivity index (χ2v) is 4.61. The molecule has 1 rings (SSSR count). The van der Waals surface area contributed by atoms with Crippen LogP contribution in [0.25, 0.3) is 0 Å². The number of halogens is 2. The van der Waals surface area contributed by atoms with Crippen molar-refractivity contribution in [3.8, 4) is 0 Å². The summed E-state index contributed by atoms with van der Waals surface area (Å²) in [5.74, 6) is 0. The molecule has 10 heteroatoms. The van der Waals surface area contributed by atoms with Gasteiger partial charge in [0.05, 0.1) is 4.92 Å². The minimum absolute atomic E-state index is 0.408. The number of aromatic nitrogens is 1. The molecular formula is C7H7F2N3O4S. The van der Waals surface area contributed by atoms with Crippen molar-refractivity contribution < 1.29 is 22.1 Å². The van der Waals surface area contributed by atoms with Crippen LogP contribution in [-0.2, 0) is 10.0 Å². The van der Waals surface area contributed by atoms with E-state index in [2.05, 4.69) is 4.98 Å². The molecule has 1 heterocycles. The second-order valence-electron chi connectivity index (χ2n) is 3.08. The van der Waals surface area contributed by atoms with Gasteiger partial charge in [-0.1, -0.05) is 0 Å². The Hall–Kier alpha value is -1.68. The molecule has 0 bridgehead atoms. The summed E-state index contributed by atoms with van der Waals surface area (Å²) in [4.78, 5) is 11.9. The minimum Gasteiger partial charge on any atom is -0.258 e. The first-order chi connectivity index (χ1) is 7.64. The van der Waals surface area contributed by atoms with Crippen LogP contribution in [0.5, 0.6) is 0 Å². The maximum absolute atomic E-state index is 12.4. The fraction of sp³-hybridized carbons (Fsp3) is 0.286. The molecule has 1 aromatic rings. The van der Waals surface area contributed by atoms with E-state index in [1.165, 1.54) is 0 Å². The van der Waals surface area contributed by atoms with Crippen LogP contribution >= 0.6 is 0 Å². The highest BCUT2D eigenvalue weighted by atomic mass is 32.2. The molecule has 0 fully saturated rings. The molecule has 2 N–H and O–H groups in total. The van der Waals surface area contributed by atoms with E-state index in [1.807, 2.05) is 0 Å². The number of primary sulfonamides is 1. The molecule has 0 radical (unpaired) electrons. The van der Waals surface area contributed by atoms with Crippen molar-refractivity contribution >= 4 is 15.7 Å². The summed E-state index contributed by atoms with van der Waals surface area (Å²) in [6.07, 6.45) is -3.05. The predicted molar refractivity (Wildman–Crippen MR) is 52.0 cm³/mol. The van der Waals surface area contributed by atoms with Crippen LogP contribution in [0.15, 0.2) is 11.0 Å². The van der Waals surface area contributed by atoms with Gasteiger partial charge in [0.15, 0.2) is 4.90 Å². The Kier molecular flexibility index (Phi) is 3.38. The highest BCUT2D eigenvalue weighted by molar-refractivity contribution is 7.89. The van der Waals surface area contributed by atoms with Gasteiger partial charge in [0.2, 0.25) is 10.0 Å². The topological polar surface area (TPSA) is 116 Å². The molecule has 0 aromatic carbocycles. The number of sulfonamides is 1. The number of hydrogen-bond donors (Lipinski definition) is 1. The Morgan fingerprint density at radius 2 is 2.06 bits per heavy atom. The van der Waals surface area contributed by atoms with Gasteiger partial charge in [0.1, 0.15) is 11.4 Å². The van der Waals surface area contributed by atoms with Crippen LogP contribution in [-0.4, -0.2) is 18.3 Å². The Morgan fingerprint density at radius 3 is 2.41 bits per heavy atom. The van der Waals surface area contributed by atoms with Crippen molar-refractivity contribution in [1.29, 1.82) is 0 Å². The summed E-state index contributed by atoms with van der Waals surface area (Å²) in [5.41, 5.74) is -2.20. The van der Waals surface area contributed by atoms with E-state index in [0.29, 0.717) is 6.07 Å². The monoisotopic (exact) mass is 267 g/mol. The van der Waals surface area contributed by atoms with Gasteiger partial charge < -0.3 is 0 Å². The van der Waals surface area contributed by atoms with Gasteiger partial charge in [-0.3, -0.25) is 10.1 Å². The molecule has 0 unspecified atom stereocenters. The third-order valence-electron chi connectivity index (χ3n) is 1.86. The summed E-state index contributed by atoms with van der Waals surface area (Å²) >= 11 is 0. The van der Waals surface area contributed by atoms with Gasteiger partial charge in [-0.15, -0.1) is 0 Å². The smallest absolute Gasteiger partial charge is 0.258 e. The Morgan fingerprint density at radius 1 is 1.53 bits per heavy atom. The summed E-state index contributed by atoms with van der Waals surface area (Å²) in [7, 11) is -4.47. The molecule has 0 amide bonds. The van der Waals surface area contributed by atoms with Crippen molar-refractivity contribution in [2.24, 2.45) is 5.14 Å². The standard InChI is InChI=1S/C7H7F2N3O4S/c1-3-6(12(13)14)5(17(10,15)16)2-4(11-3)7(8)9/h2,7H,1H3,(H2,10,15,16). The molecule has 0 aliphatic rings. The van der Waals surface area contributed by atoms with Gasteiger partial charge in [0.25, 0.3) is 6.43 Å². The summed E-state index contributed by atoms with van der Waals surface area (Å²) in [6.45, 7) is 1.05. The zero-order chi connectivity index (χ0) is 13.4. The Bertz CT molecular complexity index is 573. The molecular weight excluding hydrogens is 260 g/mol. The van der Waals surface area contributed by atoms with Crippen LogP contribution in [0.4, 0.5) is 14.5 Å². The molecule has 1 aromatic heterocycles. The lowest BCUT2D eigenvalue weighted by Gasteiger charge is -2.06. The first-order valence-corrected chi connectivity index (χ1v) is 5.66. The van der Waals surface area contributed by atoms with Crippen molar-refractivity contribution in [3.05, 3.63) is 27.6 Å². The number of nitrogens with two attached hydrogens (primary N) is 1. The molecule has 17 heavy (non-hydrogen) atoms. The number of hydrogen-bond acceptors (Lipinski definition) is 5. The maximum Gasteiger partial charge on any atom is 0.310 e. The minimum atomic E-state index is -4.47. The van der Waals surface area contributed by atoms with Crippen LogP contribution in [0.3, 0.4) is 0 Å². The summed E-state index contributed by atoms with van der Waals surface area (Å²) in [6, 6.07) is 0.408. The number of nitrogens with zero attached hydrogens (tertiary/aromatic N) is 2. The number of nitro groups is 1. The SMILES string of the molecule is Cc1nc(C(F)F)cc(S(N)(=O)=O)c1[N+](=O)[O-]. The van der Waals surface area contributed by atoms with E-state index in [0.717, 1.165) is 6.92 Å². The van der Waals surface area contributed by atoms with E-state index >= 15 is 0 Å². The van der Waals surface area contributed by atoms with E-state index < -0.39 is 43.3 Å². The molecule has 0 aliphatic heterocycles. The first kappa shape index (κ1) is 13.4. The van der Waals surface area contributed by atoms with Crippen LogP contribution in [0, 0.1) is 17.0 Å².